The first-order valence-corrected chi connectivity index (χ1v) is 10.5. The van der Waals surface area contributed by atoms with Gasteiger partial charge in [-0.1, -0.05) is 51.1 Å². The van der Waals surface area contributed by atoms with Crippen molar-refractivity contribution in [2.45, 2.75) is 51.4 Å². The van der Waals surface area contributed by atoms with E-state index in [1.165, 1.54) is 0 Å². The van der Waals surface area contributed by atoms with Crippen LogP contribution in [0.1, 0.15) is 51.9 Å². The minimum Gasteiger partial charge on any atom is -0.312 e. The number of hydrogen-bond donors (Lipinski definition) is 0. The molecule has 4 heteroatoms. The van der Waals surface area contributed by atoms with Crippen LogP contribution in [0.25, 0.3) is 11.0 Å². The Kier molecular flexibility index (Phi) is 3.71. The summed E-state index contributed by atoms with van der Waals surface area (Å²) in [5.74, 6) is 0.156. The van der Waals surface area contributed by atoms with E-state index < -0.39 is 5.41 Å². The number of hydrogen-bond acceptors (Lipinski definition) is 3. The number of carbonyl (C=O) groups is 1. The predicted molar refractivity (Wildman–Crippen MR) is 116 cm³/mol. The highest BCUT2D eigenvalue weighted by Gasteiger charge is 2.73. The van der Waals surface area contributed by atoms with Crippen LogP contribution in [0.15, 0.2) is 54.6 Å². The van der Waals surface area contributed by atoms with E-state index in [0.29, 0.717) is 6.54 Å². The Morgan fingerprint density at radius 3 is 2.10 bits per heavy atom. The van der Waals surface area contributed by atoms with Crippen LogP contribution >= 0.6 is 0 Å². The van der Waals surface area contributed by atoms with E-state index in [1.54, 1.807) is 0 Å². The van der Waals surface area contributed by atoms with Crippen LogP contribution < -0.4 is 4.90 Å². The fourth-order valence-electron chi connectivity index (χ4n) is 5.80. The summed E-state index contributed by atoms with van der Waals surface area (Å²) in [6.07, 6.45) is 1.77. The molecule has 1 aromatic heterocycles. The first-order chi connectivity index (χ1) is 13.9. The molecule has 2 bridgehead atoms. The molecule has 3 aromatic rings. The van der Waals surface area contributed by atoms with E-state index in [9.17, 15) is 4.79 Å². The number of carbonyl (C=O) groups excluding carboxylic acids is 1. The number of amides is 1. The van der Waals surface area contributed by atoms with Crippen molar-refractivity contribution in [3.63, 3.8) is 0 Å². The summed E-state index contributed by atoms with van der Waals surface area (Å²) in [7, 11) is 0. The number of benzene rings is 2. The second-order valence-electron chi connectivity index (χ2n) is 9.16. The van der Waals surface area contributed by atoms with E-state index in [-0.39, 0.29) is 16.7 Å². The molecule has 2 aliphatic rings. The maximum atomic E-state index is 14.3. The van der Waals surface area contributed by atoms with Gasteiger partial charge in [-0.25, -0.2) is 9.97 Å². The molecule has 2 unspecified atom stereocenters. The number of fused-ring (bicyclic) bond motifs is 6. The molecule has 1 saturated carbocycles. The van der Waals surface area contributed by atoms with Gasteiger partial charge in [0.1, 0.15) is 0 Å². The third kappa shape index (κ3) is 2.07. The minimum absolute atomic E-state index is 0.156. The van der Waals surface area contributed by atoms with Crippen molar-refractivity contribution in [3.05, 3.63) is 66.0 Å². The summed E-state index contributed by atoms with van der Waals surface area (Å²) in [4.78, 5) is 26.3. The van der Waals surface area contributed by atoms with Crippen LogP contribution in [0.4, 0.5) is 5.69 Å². The predicted octanol–water partition coefficient (Wildman–Crippen LogP) is 5.01. The molecule has 1 heterocycles. The van der Waals surface area contributed by atoms with Gasteiger partial charge in [-0.3, -0.25) is 4.79 Å². The van der Waals surface area contributed by atoms with Gasteiger partial charge in [0.2, 0.25) is 5.91 Å². The number of likely N-dealkylation sites (N-methyl/N-ethyl adjacent to an activating group) is 1. The Hall–Kier alpha value is -2.75. The minimum atomic E-state index is -0.653. The van der Waals surface area contributed by atoms with Crippen LogP contribution in [0.5, 0.6) is 0 Å². The lowest BCUT2D eigenvalue weighted by atomic mass is 9.63. The zero-order valence-corrected chi connectivity index (χ0v) is 17.6. The number of aromatic nitrogens is 2. The molecule has 0 spiro atoms. The number of anilines is 1. The van der Waals surface area contributed by atoms with Gasteiger partial charge in [0.05, 0.1) is 27.8 Å². The van der Waals surface area contributed by atoms with Gasteiger partial charge in [-0.05, 0) is 49.4 Å². The van der Waals surface area contributed by atoms with Crippen molar-refractivity contribution in [2.75, 3.05) is 11.4 Å². The van der Waals surface area contributed by atoms with E-state index in [1.807, 2.05) is 66.4 Å². The zero-order valence-electron chi connectivity index (χ0n) is 17.6. The average molecular weight is 386 g/mol. The Bertz CT molecular complexity index is 1120. The monoisotopic (exact) mass is 385 g/mol. The molecule has 0 N–H and O–H groups in total. The fraction of sp³-hybridized carbons (Fsp3) is 0.400. The molecule has 0 aliphatic heterocycles. The number of rotatable bonds is 3. The molecule has 1 fully saturated rings. The van der Waals surface area contributed by atoms with Gasteiger partial charge in [0.15, 0.2) is 0 Å². The fourth-order valence-corrected chi connectivity index (χ4v) is 5.80. The highest BCUT2D eigenvalue weighted by Crippen LogP contribution is 2.70. The lowest BCUT2D eigenvalue weighted by Gasteiger charge is -2.42. The largest absolute Gasteiger partial charge is 0.312 e. The van der Waals surface area contributed by atoms with Crippen LogP contribution in [0.3, 0.4) is 0 Å². The van der Waals surface area contributed by atoms with E-state index >= 15 is 0 Å². The summed E-state index contributed by atoms with van der Waals surface area (Å²) in [6, 6.07) is 18.0. The van der Waals surface area contributed by atoms with Crippen molar-refractivity contribution >= 4 is 22.6 Å². The smallest absolute Gasteiger partial charge is 0.239 e. The van der Waals surface area contributed by atoms with E-state index in [2.05, 4.69) is 20.8 Å². The third-order valence-corrected chi connectivity index (χ3v) is 7.94. The summed E-state index contributed by atoms with van der Waals surface area (Å²) >= 11 is 0. The van der Waals surface area contributed by atoms with Gasteiger partial charge in [0.25, 0.3) is 0 Å². The quantitative estimate of drug-likeness (QED) is 0.636. The Morgan fingerprint density at radius 1 is 0.897 bits per heavy atom. The van der Waals surface area contributed by atoms with Crippen molar-refractivity contribution in [1.82, 2.24) is 9.97 Å². The Morgan fingerprint density at radius 2 is 1.48 bits per heavy atom. The van der Waals surface area contributed by atoms with Gasteiger partial charge < -0.3 is 4.90 Å². The molecule has 0 radical (unpaired) electrons. The first kappa shape index (κ1) is 18.3. The second-order valence-corrected chi connectivity index (χ2v) is 9.16. The standard InChI is InChI=1S/C25H27N3O/c1-5-28(17-11-7-6-8-12-17)22(29)25-16-15-24(4,23(25,2)3)20-21(25)27-19-14-10-9-13-18(19)26-20/h6-14H,5,15-16H2,1-4H3. The maximum Gasteiger partial charge on any atom is 0.239 e. The molecule has 2 aromatic carbocycles. The molecule has 4 nitrogen and oxygen atoms in total. The second kappa shape index (κ2) is 5.88. The highest BCUT2D eigenvalue weighted by molar-refractivity contribution is 6.03. The number of nitrogens with zero attached hydrogens (tertiary/aromatic N) is 3. The van der Waals surface area contributed by atoms with Crippen LogP contribution in [0.2, 0.25) is 0 Å². The number of para-hydroxylation sites is 3. The molecule has 2 aliphatic carbocycles. The summed E-state index contributed by atoms with van der Waals surface area (Å²) in [5, 5.41) is 0. The lowest BCUT2D eigenvalue weighted by molar-refractivity contribution is -0.127. The summed E-state index contributed by atoms with van der Waals surface area (Å²) in [5.41, 5.74) is 3.56. The molecule has 148 valence electrons. The zero-order chi connectivity index (χ0) is 20.4. The molecular formula is C25H27N3O. The maximum absolute atomic E-state index is 14.3. The first-order valence-electron chi connectivity index (χ1n) is 10.5. The molecular weight excluding hydrogens is 358 g/mol. The average Bonchev–Trinajstić information content (AvgIpc) is 3.03. The normalized spacial score (nSPS) is 26.5. The molecule has 2 atom stereocenters. The SMILES string of the molecule is CCN(C(=O)C12CCC(C)(c3nc4ccccc4nc31)C2(C)C)c1ccccc1. The summed E-state index contributed by atoms with van der Waals surface area (Å²) in [6.45, 7) is 9.43. The van der Waals surface area contributed by atoms with Crippen molar-refractivity contribution < 1.29 is 4.79 Å². The topological polar surface area (TPSA) is 46.1 Å². The van der Waals surface area contributed by atoms with Crippen molar-refractivity contribution in [3.8, 4) is 0 Å². The Labute approximate surface area is 172 Å². The molecule has 1 amide bonds. The highest BCUT2D eigenvalue weighted by atomic mass is 16.2. The van der Waals surface area contributed by atoms with E-state index in [0.717, 1.165) is 41.0 Å². The Balaban J connectivity index is 1.76. The van der Waals surface area contributed by atoms with Gasteiger partial charge in [-0.2, -0.15) is 0 Å². The van der Waals surface area contributed by atoms with Crippen molar-refractivity contribution in [2.24, 2.45) is 5.41 Å². The van der Waals surface area contributed by atoms with Crippen LogP contribution in [0, 0.1) is 5.41 Å². The molecule has 5 rings (SSSR count). The summed E-state index contributed by atoms with van der Waals surface area (Å²) < 4.78 is 0. The van der Waals surface area contributed by atoms with Crippen molar-refractivity contribution in [1.29, 1.82) is 0 Å². The lowest BCUT2D eigenvalue weighted by Crippen LogP contribution is -2.53. The molecule has 0 saturated heterocycles. The van der Waals surface area contributed by atoms with Crippen LogP contribution in [-0.2, 0) is 15.6 Å². The van der Waals surface area contributed by atoms with E-state index in [4.69, 9.17) is 9.97 Å². The van der Waals surface area contributed by atoms with Gasteiger partial charge in [-0.15, -0.1) is 0 Å². The van der Waals surface area contributed by atoms with Gasteiger partial charge >= 0.3 is 0 Å². The third-order valence-electron chi connectivity index (χ3n) is 7.94. The van der Waals surface area contributed by atoms with Crippen LogP contribution in [-0.4, -0.2) is 22.4 Å². The molecule has 29 heavy (non-hydrogen) atoms. The van der Waals surface area contributed by atoms with Gasteiger partial charge in [0, 0.05) is 17.6 Å².